The molecule has 11 heteroatoms. The molecule has 1 heterocycles. The second-order valence-corrected chi connectivity index (χ2v) is 6.60. The lowest BCUT2D eigenvalue weighted by Crippen LogP contribution is -2.25. The number of hydrogen-bond donors (Lipinski definition) is 1. The molecule has 0 radical (unpaired) electrons. The maximum Gasteiger partial charge on any atom is 0.321 e. The van der Waals surface area contributed by atoms with Crippen molar-refractivity contribution in [2.75, 3.05) is 26.1 Å². The van der Waals surface area contributed by atoms with Gasteiger partial charge in [-0.05, 0) is 18.2 Å². The molecule has 2 aromatic rings. The van der Waals surface area contributed by atoms with E-state index in [0.717, 1.165) is 12.1 Å². The Hall–Kier alpha value is -2.40. The Kier molecular flexibility index (Phi) is 5.24. The largest absolute Gasteiger partial charge is 0.467 e. The number of benzene rings is 1. The molecule has 0 bridgehead atoms. The lowest BCUT2D eigenvalue weighted by Gasteiger charge is -2.12. The van der Waals surface area contributed by atoms with Crippen LogP contribution in [0, 0.1) is 11.6 Å². The first kappa shape index (κ1) is 17.9. The van der Waals surface area contributed by atoms with Crippen LogP contribution in [0.25, 0.3) is 0 Å². The van der Waals surface area contributed by atoms with E-state index in [4.69, 9.17) is 4.74 Å². The van der Waals surface area contributed by atoms with E-state index in [9.17, 15) is 17.2 Å². The van der Waals surface area contributed by atoms with E-state index in [1.165, 1.54) is 7.11 Å². The van der Waals surface area contributed by atoms with Gasteiger partial charge in [-0.2, -0.15) is 15.0 Å². The van der Waals surface area contributed by atoms with Crippen LogP contribution in [0.15, 0.2) is 23.1 Å². The second-order valence-electron chi connectivity index (χ2n) is 4.83. The van der Waals surface area contributed by atoms with Crippen LogP contribution in [-0.4, -0.2) is 44.6 Å². The van der Waals surface area contributed by atoms with Gasteiger partial charge in [0.2, 0.25) is 16.0 Å². The Morgan fingerprint density at radius 1 is 1.17 bits per heavy atom. The van der Waals surface area contributed by atoms with Crippen LogP contribution in [0.2, 0.25) is 0 Å². The van der Waals surface area contributed by atoms with Gasteiger partial charge in [0.1, 0.15) is 0 Å². The van der Waals surface area contributed by atoms with Crippen LogP contribution in [-0.2, 0) is 16.6 Å². The molecule has 0 spiro atoms. The number of halogens is 2. The van der Waals surface area contributed by atoms with Crippen LogP contribution in [0.1, 0.15) is 5.82 Å². The van der Waals surface area contributed by atoms with Gasteiger partial charge in [0.25, 0.3) is 0 Å². The molecule has 0 amide bonds. The first-order valence-corrected chi connectivity index (χ1v) is 8.12. The summed E-state index contributed by atoms with van der Waals surface area (Å²) in [5, 5.41) is 0. The van der Waals surface area contributed by atoms with Gasteiger partial charge < -0.3 is 9.64 Å². The van der Waals surface area contributed by atoms with E-state index in [2.05, 4.69) is 19.7 Å². The fraction of sp³-hybridized carbons (Fsp3) is 0.308. The molecule has 0 aliphatic rings. The van der Waals surface area contributed by atoms with Crippen molar-refractivity contribution in [3.8, 4) is 6.01 Å². The molecule has 0 aliphatic heterocycles. The van der Waals surface area contributed by atoms with Gasteiger partial charge in [0.15, 0.2) is 17.5 Å². The van der Waals surface area contributed by atoms with Gasteiger partial charge in [-0.1, -0.05) is 0 Å². The first-order chi connectivity index (χ1) is 11.2. The topological polar surface area (TPSA) is 97.3 Å². The fourth-order valence-corrected chi connectivity index (χ4v) is 2.64. The smallest absolute Gasteiger partial charge is 0.321 e. The van der Waals surface area contributed by atoms with Gasteiger partial charge in [0, 0.05) is 14.1 Å². The summed E-state index contributed by atoms with van der Waals surface area (Å²) in [5.41, 5.74) is 0. The van der Waals surface area contributed by atoms with Gasteiger partial charge in [-0.25, -0.2) is 21.9 Å². The lowest BCUT2D eigenvalue weighted by atomic mass is 10.3. The highest BCUT2D eigenvalue weighted by atomic mass is 32.2. The first-order valence-electron chi connectivity index (χ1n) is 6.64. The Morgan fingerprint density at radius 2 is 1.88 bits per heavy atom. The van der Waals surface area contributed by atoms with E-state index >= 15 is 0 Å². The van der Waals surface area contributed by atoms with E-state index < -0.39 is 26.6 Å². The number of hydrogen-bond acceptors (Lipinski definition) is 7. The molecule has 0 saturated heterocycles. The maximum absolute atomic E-state index is 13.2. The average molecular weight is 359 g/mol. The summed E-state index contributed by atoms with van der Waals surface area (Å²) in [6.07, 6.45) is 0. The number of rotatable bonds is 6. The summed E-state index contributed by atoms with van der Waals surface area (Å²) < 4.78 is 57.5. The van der Waals surface area contributed by atoms with Crippen molar-refractivity contribution >= 4 is 16.0 Å². The molecule has 1 aromatic carbocycles. The van der Waals surface area contributed by atoms with Crippen molar-refractivity contribution in [2.24, 2.45) is 0 Å². The zero-order valence-corrected chi connectivity index (χ0v) is 13.9. The predicted molar refractivity (Wildman–Crippen MR) is 81.1 cm³/mol. The van der Waals surface area contributed by atoms with E-state index in [1.54, 1.807) is 19.0 Å². The SMILES string of the molecule is COc1nc(CNS(=O)(=O)c2ccc(F)c(F)c2)nc(N(C)C)n1. The van der Waals surface area contributed by atoms with Gasteiger partial charge in [0.05, 0.1) is 18.6 Å². The quantitative estimate of drug-likeness (QED) is 0.811. The summed E-state index contributed by atoms with van der Waals surface area (Å²) in [4.78, 5) is 13.2. The molecule has 1 N–H and O–H groups in total. The van der Waals surface area contributed by atoms with E-state index in [-0.39, 0.29) is 24.3 Å². The monoisotopic (exact) mass is 359 g/mol. The molecule has 0 aliphatic carbocycles. The molecule has 0 unspecified atom stereocenters. The minimum Gasteiger partial charge on any atom is -0.467 e. The van der Waals surface area contributed by atoms with Crippen LogP contribution in [0.3, 0.4) is 0 Å². The number of sulfonamides is 1. The van der Waals surface area contributed by atoms with Crippen molar-refractivity contribution in [2.45, 2.75) is 11.4 Å². The fourth-order valence-electron chi connectivity index (χ4n) is 1.64. The maximum atomic E-state index is 13.2. The number of nitrogens with zero attached hydrogens (tertiary/aromatic N) is 4. The molecule has 24 heavy (non-hydrogen) atoms. The van der Waals surface area contributed by atoms with Crippen LogP contribution >= 0.6 is 0 Å². The van der Waals surface area contributed by atoms with Crippen LogP contribution in [0.5, 0.6) is 6.01 Å². The zero-order chi connectivity index (χ0) is 17.9. The Morgan fingerprint density at radius 3 is 2.46 bits per heavy atom. The Bertz CT molecular complexity index is 845. The number of methoxy groups -OCH3 is 1. The Labute approximate surface area is 137 Å². The van der Waals surface area contributed by atoms with Crippen molar-refractivity contribution in [3.05, 3.63) is 35.7 Å². The molecule has 0 saturated carbocycles. The van der Waals surface area contributed by atoms with Crippen molar-refractivity contribution < 1.29 is 21.9 Å². The zero-order valence-electron chi connectivity index (χ0n) is 13.1. The minimum absolute atomic E-state index is 0.0238. The third-order valence-electron chi connectivity index (χ3n) is 2.85. The molecule has 0 fully saturated rings. The highest BCUT2D eigenvalue weighted by Crippen LogP contribution is 2.14. The van der Waals surface area contributed by atoms with E-state index in [0.29, 0.717) is 6.07 Å². The number of ether oxygens (including phenoxy) is 1. The Balaban J connectivity index is 2.23. The molecule has 0 atom stereocenters. The third kappa shape index (κ3) is 4.11. The molecule has 2 rings (SSSR count). The van der Waals surface area contributed by atoms with Crippen molar-refractivity contribution in [1.82, 2.24) is 19.7 Å². The molecule has 8 nitrogen and oxygen atoms in total. The standard InChI is InChI=1S/C13H15F2N5O3S/c1-20(2)12-17-11(18-13(19-12)23-3)7-16-24(21,22)8-4-5-9(14)10(15)6-8/h4-6,16H,7H2,1-3H3. The summed E-state index contributed by atoms with van der Waals surface area (Å²) >= 11 is 0. The molecular formula is C13H15F2N5O3S. The van der Waals surface area contributed by atoms with E-state index in [1.807, 2.05) is 0 Å². The summed E-state index contributed by atoms with van der Waals surface area (Å²) in [6.45, 7) is -0.277. The lowest BCUT2D eigenvalue weighted by molar-refractivity contribution is 0.375. The summed E-state index contributed by atoms with van der Waals surface area (Å²) in [7, 11) is 0.700. The minimum atomic E-state index is -4.06. The molecule has 1 aromatic heterocycles. The van der Waals surface area contributed by atoms with Crippen LogP contribution < -0.4 is 14.4 Å². The predicted octanol–water partition coefficient (Wildman–Crippen LogP) is 0.703. The highest BCUT2D eigenvalue weighted by molar-refractivity contribution is 7.89. The molecular weight excluding hydrogens is 344 g/mol. The normalized spacial score (nSPS) is 11.4. The number of anilines is 1. The van der Waals surface area contributed by atoms with Crippen molar-refractivity contribution in [3.63, 3.8) is 0 Å². The van der Waals surface area contributed by atoms with Gasteiger partial charge >= 0.3 is 6.01 Å². The number of aromatic nitrogens is 3. The summed E-state index contributed by atoms with van der Waals surface area (Å²) in [5.74, 6) is -2.00. The third-order valence-corrected chi connectivity index (χ3v) is 4.25. The van der Waals surface area contributed by atoms with Gasteiger partial charge in [-0.15, -0.1) is 0 Å². The van der Waals surface area contributed by atoms with Crippen LogP contribution in [0.4, 0.5) is 14.7 Å². The number of nitrogens with one attached hydrogen (secondary N) is 1. The average Bonchev–Trinajstić information content (AvgIpc) is 2.55. The summed E-state index contributed by atoms with van der Waals surface area (Å²) in [6, 6.07) is 2.31. The second kappa shape index (κ2) is 7.01. The van der Waals surface area contributed by atoms with Crippen molar-refractivity contribution in [1.29, 1.82) is 0 Å². The van der Waals surface area contributed by atoms with Gasteiger partial charge in [-0.3, -0.25) is 0 Å². The molecule has 130 valence electrons. The highest BCUT2D eigenvalue weighted by Gasteiger charge is 2.18.